The molecule has 1 aromatic rings. The molecule has 26 heavy (non-hydrogen) atoms. The van der Waals surface area contributed by atoms with Crippen molar-refractivity contribution < 1.29 is 19.1 Å². The van der Waals surface area contributed by atoms with Crippen LogP contribution in [0.5, 0.6) is 11.5 Å². The number of Topliss-reactive ketones (excluding diaryl/α,β-unsaturated/α-hetero) is 1. The van der Waals surface area contributed by atoms with Crippen LogP contribution in [0.2, 0.25) is 0 Å². The Balaban J connectivity index is 1.46. The average molecular weight is 360 g/mol. The van der Waals surface area contributed by atoms with Crippen molar-refractivity contribution in [1.82, 2.24) is 9.80 Å². The van der Waals surface area contributed by atoms with Crippen LogP contribution in [0, 0.1) is 5.92 Å². The number of rotatable bonds is 6. The first-order valence-corrected chi connectivity index (χ1v) is 9.46. The molecule has 1 fully saturated rings. The number of hydrogen-bond acceptors (Lipinski definition) is 5. The predicted octanol–water partition coefficient (Wildman–Crippen LogP) is 2.22. The zero-order chi connectivity index (χ0) is 18.5. The standard InChI is InChI=1S/C20H28N2O4/c1-15(2)14-21-7-9-22(10-8-21)20(24)6-4-17(23)16-3-5-18-19(13-16)26-12-11-25-18/h3,5,13,15H,4,6-12,14H2,1-2H3. The van der Waals surface area contributed by atoms with Crippen molar-refractivity contribution in [2.24, 2.45) is 5.92 Å². The molecule has 0 aromatic heterocycles. The number of fused-ring (bicyclic) bond motifs is 1. The van der Waals surface area contributed by atoms with E-state index in [0.29, 0.717) is 36.2 Å². The Kier molecular flexibility index (Phi) is 6.14. The molecule has 0 bridgehead atoms. The quantitative estimate of drug-likeness (QED) is 0.728. The summed E-state index contributed by atoms with van der Waals surface area (Å²) < 4.78 is 11.0. The monoisotopic (exact) mass is 360 g/mol. The van der Waals surface area contributed by atoms with E-state index in [0.717, 1.165) is 32.7 Å². The first kappa shape index (κ1) is 18.7. The highest BCUT2D eigenvalue weighted by atomic mass is 16.6. The van der Waals surface area contributed by atoms with Gasteiger partial charge in [0.25, 0.3) is 0 Å². The summed E-state index contributed by atoms with van der Waals surface area (Å²) in [6, 6.07) is 5.22. The van der Waals surface area contributed by atoms with Crippen LogP contribution in [-0.2, 0) is 4.79 Å². The van der Waals surface area contributed by atoms with Crippen molar-refractivity contribution in [3.63, 3.8) is 0 Å². The van der Waals surface area contributed by atoms with Crippen LogP contribution in [-0.4, -0.2) is 67.4 Å². The lowest BCUT2D eigenvalue weighted by Crippen LogP contribution is -2.49. The third kappa shape index (κ3) is 4.75. The second kappa shape index (κ2) is 8.54. The fourth-order valence-electron chi connectivity index (χ4n) is 3.44. The minimum atomic E-state index is -0.0335. The Morgan fingerprint density at radius 3 is 2.38 bits per heavy atom. The molecule has 0 N–H and O–H groups in total. The van der Waals surface area contributed by atoms with Gasteiger partial charge in [0.05, 0.1) is 0 Å². The smallest absolute Gasteiger partial charge is 0.223 e. The van der Waals surface area contributed by atoms with E-state index in [1.54, 1.807) is 18.2 Å². The number of amides is 1. The minimum absolute atomic E-state index is 0.0335. The SMILES string of the molecule is CC(C)CN1CCN(C(=O)CCC(=O)c2ccc3c(c2)OCCO3)CC1. The fourth-order valence-corrected chi connectivity index (χ4v) is 3.44. The van der Waals surface area contributed by atoms with Gasteiger partial charge in [0.15, 0.2) is 17.3 Å². The highest BCUT2D eigenvalue weighted by molar-refractivity contribution is 5.98. The maximum atomic E-state index is 12.4. The number of benzene rings is 1. The molecule has 6 heteroatoms. The number of hydrogen-bond donors (Lipinski definition) is 0. The summed E-state index contributed by atoms with van der Waals surface area (Å²) in [4.78, 5) is 29.1. The molecule has 2 aliphatic heterocycles. The van der Waals surface area contributed by atoms with Crippen LogP contribution in [0.3, 0.4) is 0 Å². The molecule has 3 rings (SSSR count). The zero-order valence-corrected chi connectivity index (χ0v) is 15.7. The second-order valence-electron chi connectivity index (χ2n) is 7.36. The largest absolute Gasteiger partial charge is 0.486 e. The molecule has 1 saturated heterocycles. The van der Waals surface area contributed by atoms with Crippen LogP contribution in [0.1, 0.15) is 37.0 Å². The molecule has 0 unspecified atom stereocenters. The molecule has 0 atom stereocenters. The van der Waals surface area contributed by atoms with E-state index in [-0.39, 0.29) is 24.5 Å². The first-order valence-electron chi connectivity index (χ1n) is 9.46. The van der Waals surface area contributed by atoms with E-state index in [4.69, 9.17) is 9.47 Å². The van der Waals surface area contributed by atoms with Crippen molar-refractivity contribution >= 4 is 11.7 Å². The van der Waals surface area contributed by atoms with Crippen LogP contribution in [0.15, 0.2) is 18.2 Å². The van der Waals surface area contributed by atoms with Gasteiger partial charge >= 0.3 is 0 Å². The van der Waals surface area contributed by atoms with Crippen molar-refractivity contribution in [3.8, 4) is 11.5 Å². The van der Waals surface area contributed by atoms with Gasteiger partial charge in [0, 0.05) is 51.1 Å². The van der Waals surface area contributed by atoms with Crippen molar-refractivity contribution in [1.29, 1.82) is 0 Å². The molecule has 0 radical (unpaired) electrons. The van der Waals surface area contributed by atoms with Crippen LogP contribution < -0.4 is 9.47 Å². The lowest BCUT2D eigenvalue weighted by Gasteiger charge is -2.35. The maximum absolute atomic E-state index is 12.4. The Morgan fingerprint density at radius 2 is 1.69 bits per heavy atom. The van der Waals surface area contributed by atoms with Gasteiger partial charge in [-0.25, -0.2) is 0 Å². The van der Waals surface area contributed by atoms with Gasteiger partial charge < -0.3 is 14.4 Å². The number of ketones is 1. The van der Waals surface area contributed by atoms with Crippen molar-refractivity contribution in [2.75, 3.05) is 45.9 Å². The summed E-state index contributed by atoms with van der Waals surface area (Å²) in [5, 5.41) is 0. The third-order valence-electron chi connectivity index (χ3n) is 4.78. The van der Waals surface area contributed by atoms with Crippen LogP contribution >= 0.6 is 0 Å². The molecular weight excluding hydrogens is 332 g/mol. The summed E-state index contributed by atoms with van der Waals surface area (Å²) >= 11 is 0. The van der Waals surface area contributed by atoms with E-state index in [1.807, 2.05) is 4.90 Å². The van der Waals surface area contributed by atoms with Crippen LogP contribution in [0.25, 0.3) is 0 Å². The molecular formula is C20H28N2O4. The second-order valence-corrected chi connectivity index (χ2v) is 7.36. The van der Waals surface area contributed by atoms with Gasteiger partial charge in [-0.3, -0.25) is 14.5 Å². The fraction of sp³-hybridized carbons (Fsp3) is 0.600. The van der Waals surface area contributed by atoms with Gasteiger partial charge in [-0.2, -0.15) is 0 Å². The first-order chi connectivity index (χ1) is 12.5. The Labute approximate surface area is 155 Å². The molecule has 2 heterocycles. The Hall–Kier alpha value is -2.08. The summed E-state index contributed by atoms with van der Waals surface area (Å²) in [6.07, 6.45) is 0.488. The van der Waals surface area contributed by atoms with E-state index in [1.165, 1.54) is 0 Å². The lowest BCUT2D eigenvalue weighted by molar-refractivity contribution is -0.132. The zero-order valence-electron chi connectivity index (χ0n) is 15.7. The van der Waals surface area contributed by atoms with Gasteiger partial charge in [-0.15, -0.1) is 0 Å². The molecule has 142 valence electrons. The van der Waals surface area contributed by atoms with Gasteiger partial charge in [0.2, 0.25) is 5.91 Å². The highest BCUT2D eigenvalue weighted by Crippen LogP contribution is 2.31. The van der Waals surface area contributed by atoms with Crippen LogP contribution in [0.4, 0.5) is 0 Å². The highest BCUT2D eigenvalue weighted by Gasteiger charge is 2.22. The molecule has 0 spiro atoms. The van der Waals surface area contributed by atoms with E-state index in [9.17, 15) is 9.59 Å². The average Bonchev–Trinajstić information content (AvgIpc) is 2.65. The molecule has 6 nitrogen and oxygen atoms in total. The number of carbonyl (C=O) groups excluding carboxylic acids is 2. The van der Waals surface area contributed by atoms with Gasteiger partial charge in [-0.1, -0.05) is 13.8 Å². The number of carbonyl (C=O) groups is 2. The summed E-state index contributed by atoms with van der Waals surface area (Å²) in [6.45, 7) is 9.85. The van der Waals surface area contributed by atoms with Crippen molar-refractivity contribution in [3.05, 3.63) is 23.8 Å². The van der Waals surface area contributed by atoms with E-state index >= 15 is 0 Å². The molecule has 1 aromatic carbocycles. The lowest BCUT2D eigenvalue weighted by atomic mass is 10.1. The van der Waals surface area contributed by atoms with E-state index < -0.39 is 0 Å². The third-order valence-corrected chi connectivity index (χ3v) is 4.78. The molecule has 0 saturated carbocycles. The van der Waals surface area contributed by atoms with Gasteiger partial charge in [0.1, 0.15) is 13.2 Å². The van der Waals surface area contributed by atoms with E-state index in [2.05, 4.69) is 18.7 Å². The Bertz CT molecular complexity index is 651. The number of ether oxygens (including phenoxy) is 2. The number of nitrogens with zero attached hydrogens (tertiary/aromatic N) is 2. The Morgan fingerprint density at radius 1 is 1.00 bits per heavy atom. The topological polar surface area (TPSA) is 59.1 Å². The predicted molar refractivity (Wildman–Crippen MR) is 98.9 cm³/mol. The normalized spacial score (nSPS) is 17.4. The van der Waals surface area contributed by atoms with Gasteiger partial charge in [-0.05, 0) is 24.1 Å². The molecule has 1 amide bonds. The summed E-state index contributed by atoms with van der Waals surface area (Å²) in [5.41, 5.74) is 0.573. The van der Waals surface area contributed by atoms with Crippen molar-refractivity contribution in [2.45, 2.75) is 26.7 Å². The number of piperazine rings is 1. The maximum Gasteiger partial charge on any atom is 0.223 e. The summed E-state index contributed by atoms with van der Waals surface area (Å²) in [5.74, 6) is 1.95. The minimum Gasteiger partial charge on any atom is -0.486 e. The molecule has 2 aliphatic rings. The molecule has 0 aliphatic carbocycles. The summed E-state index contributed by atoms with van der Waals surface area (Å²) in [7, 11) is 0.